The van der Waals surface area contributed by atoms with Crippen LogP contribution in [0.25, 0.3) is 21.1 Å². The number of nitriles is 1. The van der Waals surface area contributed by atoms with Gasteiger partial charge in [0.2, 0.25) is 0 Å². The standard InChI is InChI=1S/C28H32N4O2S/c1-4-24-19(10-12-32-13-11-22(17-32)28(33)34)6-5-7-25(24)27-31-30-26(35-27)21-9-8-20(14-18(2)3)23(15-21)16-29/h5-9,15,18,22H,4,10-14,17H2,1-3H3,(H,33,34)/t22-/m0/s1. The highest BCUT2D eigenvalue weighted by Crippen LogP contribution is 2.34. The minimum atomic E-state index is -0.688. The number of carboxylic acids is 1. The maximum atomic E-state index is 11.3. The summed E-state index contributed by atoms with van der Waals surface area (Å²) in [6.45, 7) is 8.82. The van der Waals surface area contributed by atoms with Crippen LogP contribution in [-0.2, 0) is 24.1 Å². The van der Waals surface area contributed by atoms with Gasteiger partial charge >= 0.3 is 5.97 Å². The molecule has 1 atom stereocenters. The van der Waals surface area contributed by atoms with E-state index in [-0.39, 0.29) is 5.92 Å². The molecule has 7 heteroatoms. The van der Waals surface area contributed by atoms with Crippen molar-refractivity contribution in [3.8, 4) is 27.2 Å². The van der Waals surface area contributed by atoms with Crippen LogP contribution < -0.4 is 0 Å². The van der Waals surface area contributed by atoms with Gasteiger partial charge < -0.3 is 10.0 Å². The second kappa shape index (κ2) is 11.1. The molecule has 0 unspecified atom stereocenters. The molecule has 0 radical (unpaired) electrons. The van der Waals surface area contributed by atoms with Crippen molar-refractivity contribution >= 4 is 17.3 Å². The first-order valence-corrected chi connectivity index (χ1v) is 13.1. The van der Waals surface area contributed by atoms with Crippen molar-refractivity contribution in [1.29, 1.82) is 5.26 Å². The number of hydrogen-bond donors (Lipinski definition) is 1. The molecule has 0 saturated carbocycles. The van der Waals surface area contributed by atoms with Crippen molar-refractivity contribution in [2.24, 2.45) is 11.8 Å². The van der Waals surface area contributed by atoms with Crippen molar-refractivity contribution in [2.45, 2.75) is 46.5 Å². The van der Waals surface area contributed by atoms with Gasteiger partial charge in [0, 0.05) is 24.2 Å². The van der Waals surface area contributed by atoms with Crippen molar-refractivity contribution < 1.29 is 9.90 Å². The Morgan fingerprint density at radius 2 is 2.03 bits per heavy atom. The summed E-state index contributed by atoms with van der Waals surface area (Å²) in [5.41, 5.74) is 6.37. The summed E-state index contributed by atoms with van der Waals surface area (Å²) in [5.74, 6) is -0.440. The molecule has 0 bridgehead atoms. The fraction of sp³-hybridized carbons (Fsp3) is 0.429. The highest BCUT2D eigenvalue weighted by molar-refractivity contribution is 7.17. The van der Waals surface area contributed by atoms with Gasteiger partial charge in [-0.05, 0) is 60.9 Å². The topological polar surface area (TPSA) is 90.1 Å². The summed E-state index contributed by atoms with van der Waals surface area (Å²) in [5, 5.41) is 29.6. The largest absolute Gasteiger partial charge is 0.481 e. The van der Waals surface area contributed by atoms with Gasteiger partial charge in [-0.2, -0.15) is 5.26 Å². The summed E-state index contributed by atoms with van der Waals surface area (Å²) < 4.78 is 0. The third kappa shape index (κ3) is 5.77. The van der Waals surface area contributed by atoms with E-state index in [1.807, 2.05) is 18.2 Å². The molecule has 2 aromatic carbocycles. The predicted molar refractivity (Wildman–Crippen MR) is 139 cm³/mol. The molecule has 6 nitrogen and oxygen atoms in total. The normalized spacial score (nSPS) is 16.0. The average molecular weight is 489 g/mol. The van der Waals surface area contributed by atoms with Gasteiger partial charge in [-0.25, -0.2) is 0 Å². The fourth-order valence-corrected chi connectivity index (χ4v) is 5.78. The van der Waals surface area contributed by atoms with Gasteiger partial charge in [-0.1, -0.05) is 62.4 Å². The third-order valence-electron chi connectivity index (χ3n) is 6.71. The van der Waals surface area contributed by atoms with Crippen LogP contribution in [0.4, 0.5) is 0 Å². The van der Waals surface area contributed by atoms with Crippen LogP contribution in [0.1, 0.15) is 49.4 Å². The maximum absolute atomic E-state index is 11.3. The van der Waals surface area contributed by atoms with Crippen LogP contribution in [0.2, 0.25) is 0 Å². The first kappa shape index (κ1) is 25.0. The SMILES string of the molecule is CCc1c(CCN2CC[C@H](C(=O)O)C2)cccc1-c1nnc(-c2ccc(CC(C)C)c(C#N)c2)s1. The summed E-state index contributed by atoms with van der Waals surface area (Å²) >= 11 is 1.56. The molecule has 35 heavy (non-hydrogen) atoms. The van der Waals surface area contributed by atoms with Crippen molar-refractivity contribution in [1.82, 2.24) is 15.1 Å². The monoisotopic (exact) mass is 488 g/mol. The van der Waals surface area contributed by atoms with Gasteiger partial charge in [0.1, 0.15) is 10.0 Å². The molecule has 1 saturated heterocycles. The van der Waals surface area contributed by atoms with Crippen LogP contribution in [-0.4, -0.2) is 45.8 Å². The molecule has 1 fully saturated rings. The minimum Gasteiger partial charge on any atom is -0.481 e. The number of carboxylic acid groups (broad SMARTS) is 1. The first-order chi connectivity index (χ1) is 16.9. The van der Waals surface area contributed by atoms with Crippen LogP contribution in [0.5, 0.6) is 0 Å². The number of carbonyl (C=O) groups is 1. The molecule has 1 N–H and O–H groups in total. The van der Waals surface area contributed by atoms with E-state index in [0.717, 1.165) is 65.5 Å². The molecule has 0 amide bonds. The zero-order valence-electron chi connectivity index (χ0n) is 20.6. The highest BCUT2D eigenvalue weighted by Gasteiger charge is 2.27. The fourth-order valence-electron chi connectivity index (χ4n) is 4.88. The van der Waals surface area contributed by atoms with Crippen LogP contribution in [0, 0.1) is 23.2 Å². The lowest BCUT2D eigenvalue weighted by atomic mass is 9.97. The van der Waals surface area contributed by atoms with Crippen LogP contribution in [0.3, 0.4) is 0 Å². The van der Waals surface area contributed by atoms with Crippen LogP contribution >= 0.6 is 11.3 Å². The van der Waals surface area contributed by atoms with Gasteiger partial charge in [-0.3, -0.25) is 4.79 Å². The number of aliphatic carboxylic acids is 1. The molecule has 182 valence electrons. The van der Waals surface area contributed by atoms with E-state index >= 15 is 0 Å². The van der Waals surface area contributed by atoms with E-state index in [2.05, 4.69) is 60.1 Å². The minimum absolute atomic E-state index is 0.243. The number of nitrogens with zero attached hydrogens (tertiary/aromatic N) is 4. The second-order valence-electron chi connectivity index (χ2n) is 9.67. The molecule has 0 spiro atoms. The summed E-state index contributed by atoms with van der Waals surface area (Å²) in [4.78, 5) is 13.5. The van der Waals surface area contributed by atoms with Gasteiger partial charge in [-0.15, -0.1) is 10.2 Å². The summed E-state index contributed by atoms with van der Waals surface area (Å²) in [6, 6.07) is 14.7. The maximum Gasteiger partial charge on any atom is 0.307 e. The van der Waals surface area contributed by atoms with E-state index in [9.17, 15) is 15.2 Å². The van der Waals surface area contributed by atoms with Gasteiger partial charge in [0.15, 0.2) is 0 Å². The smallest absolute Gasteiger partial charge is 0.307 e. The van der Waals surface area contributed by atoms with Crippen molar-refractivity contribution in [2.75, 3.05) is 19.6 Å². The lowest BCUT2D eigenvalue weighted by Crippen LogP contribution is -2.25. The van der Waals surface area contributed by atoms with E-state index in [1.165, 1.54) is 11.1 Å². The Hall–Kier alpha value is -3.08. The highest BCUT2D eigenvalue weighted by atomic mass is 32.1. The third-order valence-corrected chi connectivity index (χ3v) is 7.71. The Kier molecular flexibility index (Phi) is 7.94. The van der Waals surface area contributed by atoms with Crippen LogP contribution in [0.15, 0.2) is 36.4 Å². The first-order valence-electron chi connectivity index (χ1n) is 12.3. The van der Waals surface area contributed by atoms with E-state index in [4.69, 9.17) is 0 Å². The molecule has 1 aromatic heterocycles. The van der Waals surface area contributed by atoms with Crippen molar-refractivity contribution in [3.63, 3.8) is 0 Å². The van der Waals surface area contributed by atoms with Gasteiger partial charge in [0.05, 0.1) is 17.6 Å². The molecule has 1 aliphatic rings. The Morgan fingerprint density at radius 3 is 2.71 bits per heavy atom. The number of hydrogen-bond acceptors (Lipinski definition) is 6. The van der Waals surface area contributed by atoms with E-state index < -0.39 is 5.97 Å². The Labute approximate surface area is 211 Å². The molecular formula is C28H32N4O2S. The number of aromatic nitrogens is 2. The average Bonchev–Trinajstić information content (AvgIpc) is 3.52. The van der Waals surface area contributed by atoms with E-state index in [1.54, 1.807) is 11.3 Å². The molecule has 0 aliphatic carbocycles. The quantitative estimate of drug-likeness (QED) is 0.430. The Morgan fingerprint density at radius 1 is 1.23 bits per heavy atom. The molecule has 4 rings (SSSR count). The molecular weight excluding hydrogens is 456 g/mol. The number of benzene rings is 2. The van der Waals surface area contributed by atoms with E-state index in [0.29, 0.717) is 18.0 Å². The summed E-state index contributed by atoms with van der Waals surface area (Å²) in [6.07, 6.45) is 3.39. The number of rotatable bonds is 9. The predicted octanol–water partition coefficient (Wildman–Crippen LogP) is 5.45. The molecule has 2 heterocycles. The van der Waals surface area contributed by atoms with Crippen molar-refractivity contribution in [3.05, 3.63) is 58.7 Å². The Bertz CT molecular complexity index is 1240. The molecule has 3 aromatic rings. The molecule has 1 aliphatic heterocycles. The lowest BCUT2D eigenvalue weighted by Gasteiger charge is -2.17. The lowest BCUT2D eigenvalue weighted by molar-refractivity contribution is -0.141. The van der Waals surface area contributed by atoms with Gasteiger partial charge in [0.25, 0.3) is 0 Å². The second-order valence-corrected chi connectivity index (χ2v) is 10.6. The Balaban J connectivity index is 1.54. The zero-order chi connectivity index (χ0) is 24.9. The summed E-state index contributed by atoms with van der Waals surface area (Å²) in [7, 11) is 0. The zero-order valence-corrected chi connectivity index (χ0v) is 21.4. The number of likely N-dealkylation sites (tertiary alicyclic amines) is 1.